The molecule has 0 bridgehead atoms. The van der Waals surface area contributed by atoms with Gasteiger partial charge in [-0.1, -0.05) is 17.7 Å². The van der Waals surface area contributed by atoms with Gasteiger partial charge in [0, 0.05) is 12.6 Å². The van der Waals surface area contributed by atoms with Gasteiger partial charge < -0.3 is 5.73 Å². The third-order valence-corrected chi connectivity index (χ3v) is 4.21. The number of hydrogen-bond donors (Lipinski definition) is 2. The fourth-order valence-electron chi connectivity index (χ4n) is 1.32. The Morgan fingerprint density at radius 3 is 2.65 bits per heavy atom. The maximum absolute atomic E-state index is 11.9. The smallest absolute Gasteiger partial charge is 0.242 e. The van der Waals surface area contributed by atoms with E-state index in [0.717, 1.165) is 5.56 Å². The van der Waals surface area contributed by atoms with E-state index in [-0.39, 0.29) is 16.0 Å². The Balaban J connectivity index is 2.83. The van der Waals surface area contributed by atoms with Gasteiger partial charge in [0.2, 0.25) is 10.0 Å². The normalized spacial score (nSPS) is 13.6. The molecule has 1 aromatic carbocycles. The van der Waals surface area contributed by atoms with Gasteiger partial charge in [0.05, 0.1) is 5.02 Å². The molecule has 3 N–H and O–H groups in total. The lowest BCUT2D eigenvalue weighted by Gasteiger charge is -2.10. The maximum atomic E-state index is 11.9. The minimum Gasteiger partial charge on any atom is -0.328 e. The Labute approximate surface area is 107 Å². The van der Waals surface area contributed by atoms with E-state index in [2.05, 4.69) is 4.72 Å². The van der Waals surface area contributed by atoms with E-state index in [9.17, 15) is 8.42 Å². The van der Waals surface area contributed by atoms with Crippen LogP contribution in [0.3, 0.4) is 0 Å². The van der Waals surface area contributed by atoms with E-state index in [1.54, 1.807) is 12.1 Å². The third kappa shape index (κ3) is 4.27. The summed E-state index contributed by atoms with van der Waals surface area (Å²) in [6.45, 7) is 3.99. The third-order valence-electron chi connectivity index (χ3n) is 2.27. The van der Waals surface area contributed by atoms with Crippen LogP contribution >= 0.6 is 11.6 Å². The summed E-state index contributed by atoms with van der Waals surface area (Å²) in [5.41, 5.74) is 6.47. The van der Waals surface area contributed by atoms with Crippen molar-refractivity contribution < 1.29 is 8.42 Å². The molecule has 0 amide bonds. The molecule has 0 aliphatic carbocycles. The van der Waals surface area contributed by atoms with Crippen molar-refractivity contribution in [1.29, 1.82) is 0 Å². The van der Waals surface area contributed by atoms with Gasteiger partial charge in [-0.25, -0.2) is 13.1 Å². The van der Waals surface area contributed by atoms with Crippen LogP contribution < -0.4 is 10.5 Å². The van der Waals surface area contributed by atoms with Crippen LogP contribution in [-0.2, 0) is 10.0 Å². The summed E-state index contributed by atoms with van der Waals surface area (Å²) in [6.07, 6.45) is 0.586. The molecule has 0 saturated heterocycles. The molecule has 0 aliphatic heterocycles. The first-order valence-corrected chi connectivity index (χ1v) is 7.20. The van der Waals surface area contributed by atoms with E-state index < -0.39 is 10.0 Å². The van der Waals surface area contributed by atoms with Crippen molar-refractivity contribution in [2.45, 2.75) is 31.2 Å². The second kappa shape index (κ2) is 5.82. The zero-order valence-corrected chi connectivity index (χ0v) is 11.5. The average Bonchev–Trinajstić information content (AvgIpc) is 2.15. The molecule has 4 nitrogen and oxygen atoms in total. The van der Waals surface area contributed by atoms with Crippen molar-refractivity contribution in [3.8, 4) is 0 Å². The predicted octanol–water partition coefficient (Wildman–Crippen LogP) is 1.66. The van der Waals surface area contributed by atoms with Gasteiger partial charge in [-0.15, -0.1) is 0 Å². The molecule has 0 fully saturated rings. The Hall–Kier alpha value is -0.620. The summed E-state index contributed by atoms with van der Waals surface area (Å²) in [6, 6.07) is 4.81. The summed E-state index contributed by atoms with van der Waals surface area (Å²) in [4.78, 5) is 0.106. The predicted molar refractivity (Wildman–Crippen MR) is 69.6 cm³/mol. The Bertz CT molecular complexity index is 486. The molecule has 17 heavy (non-hydrogen) atoms. The molecule has 6 heteroatoms. The molecule has 0 radical (unpaired) electrons. The van der Waals surface area contributed by atoms with Crippen molar-refractivity contribution in [2.24, 2.45) is 5.73 Å². The van der Waals surface area contributed by atoms with Crippen LogP contribution in [0.2, 0.25) is 5.02 Å². The van der Waals surface area contributed by atoms with Gasteiger partial charge in [0.1, 0.15) is 4.90 Å². The first-order valence-electron chi connectivity index (χ1n) is 5.34. The lowest BCUT2D eigenvalue weighted by atomic mass is 10.2. The summed E-state index contributed by atoms with van der Waals surface area (Å²) in [7, 11) is -3.54. The molecule has 1 aromatic rings. The quantitative estimate of drug-likeness (QED) is 0.859. The Kier molecular flexibility index (Phi) is 4.94. The second-order valence-electron chi connectivity index (χ2n) is 4.10. The number of halogens is 1. The van der Waals surface area contributed by atoms with Gasteiger partial charge in [-0.05, 0) is 38.0 Å². The summed E-state index contributed by atoms with van der Waals surface area (Å²) in [5, 5.41) is 0.235. The van der Waals surface area contributed by atoms with Crippen molar-refractivity contribution >= 4 is 21.6 Å². The van der Waals surface area contributed by atoms with E-state index in [4.69, 9.17) is 17.3 Å². The monoisotopic (exact) mass is 276 g/mol. The second-order valence-corrected chi connectivity index (χ2v) is 6.24. The van der Waals surface area contributed by atoms with Crippen molar-refractivity contribution in [3.05, 3.63) is 28.8 Å². The molecule has 0 spiro atoms. The number of aryl methyl sites for hydroxylation is 1. The number of sulfonamides is 1. The fraction of sp³-hybridized carbons (Fsp3) is 0.455. The van der Waals surface area contributed by atoms with Crippen LogP contribution in [0.15, 0.2) is 23.1 Å². The van der Waals surface area contributed by atoms with Crippen LogP contribution in [0.5, 0.6) is 0 Å². The molecule has 96 valence electrons. The first kappa shape index (κ1) is 14.4. The average molecular weight is 277 g/mol. The molecule has 1 atom stereocenters. The molecular weight excluding hydrogens is 260 g/mol. The lowest BCUT2D eigenvalue weighted by Crippen LogP contribution is -2.29. The number of rotatable bonds is 5. The zero-order chi connectivity index (χ0) is 13.1. The van der Waals surface area contributed by atoms with Gasteiger partial charge in [0.15, 0.2) is 0 Å². The molecule has 0 heterocycles. The van der Waals surface area contributed by atoms with E-state index >= 15 is 0 Å². The van der Waals surface area contributed by atoms with E-state index in [0.29, 0.717) is 13.0 Å². The van der Waals surface area contributed by atoms with E-state index in [1.165, 1.54) is 6.07 Å². The Morgan fingerprint density at radius 1 is 1.47 bits per heavy atom. The van der Waals surface area contributed by atoms with E-state index in [1.807, 2.05) is 13.8 Å². The zero-order valence-electron chi connectivity index (χ0n) is 9.90. The summed E-state index contributed by atoms with van der Waals surface area (Å²) >= 11 is 5.91. The molecule has 0 aromatic heterocycles. The maximum Gasteiger partial charge on any atom is 0.242 e. The topological polar surface area (TPSA) is 72.2 Å². The van der Waals surface area contributed by atoms with Gasteiger partial charge in [-0.3, -0.25) is 0 Å². The van der Waals surface area contributed by atoms with Crippen LogP contribution in [0.25, 0.3) is 0 Å². The highest BCUT2D eigenvalue weighted by molar-refractivity contribution is 7.89. The fourth-order valence-corrected chi connectivity index (χ4v) is 2.97. The standard InChI is InChI=1S/C11H17ClN2O2S/c1-8-3-4-11(10(12)7-8)17(15,16)14-6-5-9(2)13/h3-4,7,9,14H,5-6,13H2,1-2H3. The van der Waals surface area contributed by atoms with Crippen LogP contribution in [0.1, 0.15) is 18.9 Å². The number of benzene rings is 1. The summed E-state index contributed by atoms with van der Waals surface area (Å²) < 4.78 is 26.3. The number of nitrogens with one attached hydrogen (secondary N) is 1. The molecule has 0 saturated carbocycles. The van der Waals surface area contributed by atoms with Crippen LogP contribution in [0.4, 0.5) is 0 Å². The Morgan fingerprint density at radius 2 is 2.12 bits per heavy atom. The largest absolute Gasteiger partial charge is 0.328 e. The minimum atomic E-state index is -3.54. The SMILES string of the molecule is Cc1ccc(S(=O)(=O)NCCC(C)N)c(Cl)c1. The van der Waals surface area contributed by atoms with Gasteiger partial charge >= 0.3 is 0 Å². The van der Waals surface area contributed by atoms with Crippen molar-refractivity contribution in [3.63, 3.8) is 0 Å². The minimum absolute atomic E-state index is 0.0359. The summed E-state index contributed by atoms with van der Waals surface area (Å²) in [5.74, 6) is 0. The molecule has 1 rings (SSSR count). The lowest BCUT2D eigenvalue weighted by molar-refractivity contribution is 0.572. The molecular formula is C11H17ClN2O2S. The number of nitrogens with two attached hydrogens (primary N) is 1. The van der Waals surface area contributed by atoms with Crippen molar-refractivity contribution in [2.75, 3.05) is 6.54 Å². The highest BCUT2D eigenvalue weighted by atomic mass is 35.5. The van der Waals surface area contributed by atoms with Gasteiger partial charge in [0.25, 0.3) is 0 Å². The highest BCUT2D eigenvalue weighted by Gasteiger charge is 2.17. The van der Waals surface area contributed by atoms with Crippen LogP contribution in [-0.4, -0.2) is 21.0 Å². The first-order chi connectivity index (χ1) is 7.83. The molecule has 0 aliphatic rings. The number of hydrogen-bond acceptors (Lipinski definition) is 3. The molecule has 1 unspecified atom stereocenters. The van der Waals surface area contributed by atoms with Crippen LogP contribution in [0, 0.1) is 6.92 Å². The highest BCUT2D eigenvalue weighted by Crippen LogP contribution is 2.22. The van der Waals surface area contributed by atoms with Gasteiger partial charge in [-0.2, -0.15) is 0 Å². The van der Waals surface area contributed by atoms with Crippen molar-refractivity contribution in [1.82, 2.24) is 4.72 Å².